The van der Waals surface area contributed by atoms with Gasteiger partial charge in [0.15, 0.2) is 0 Å². The van der Waals surface area contributed by atoms with Crippen LogP contribution in [0.15, 0.2) is 24.3 Å². The number of terminal acetylenes is 1. The molecule has 13 heavy (non-hydrogen) atoms. The summed E-state index contributed by atoms with van der Waals surface area (Å²) in [6.07, 6.45) is 7.04. The van der Waals surface area contributed by atoms with Crippen LogP contribution < -0.4 is 5.32 Å². The SMILES string of the molecule is C#CCCCNc1ccccc1C. The molecular formula is C12H15N. The van der Waals surface area contributed by atoms with Crippen LogP contribution in [0.4, 0.5) is 5.69 Å². The lowest BCUT2D eigenvalue weighted by molar-refractivity contribution is 0.906. The first kappa shape index (κ1) is 9.67. The van der Waals surface area contributed by atoms with Crippen molar-refractivity contribution in [1.29, 1.82) is 0 Å². The van der Waals surface area contributed by atoms with Crippen LogP contribution in [0.1, 0.15) is 18.4 Å². The third-order valence-corrected chi connectivity index (χ3v) is 1.96. The molecule has 0 aromatic heterocycles. The van der Waals surface area contributed by atoms with Crippen molar-refractivity contribution in [2.45, 2.75) is 19.8 Å². The summed E-state index contributed by atoms with van der Waals surface area (Å²) in [4.78, 5) is 0. The molecule has 0 amide bonds. The average Bonchev–Trinajstić information content (AvgIpc) is 2.15. The first-order chi connectivity index (χ1) is 6.34. The molecule has 1 nitrogen and oxygen atoms in total. The molecule has 0 heterocycles. The van der Waals surface area contributed by atoms with Crippen molar-refractivity contribution >= 4 is 5.69 Å². The van der Waals surface area contributed by atoms with E-state index in [9.17, 15) is 0 Å². The highest BCUT2D eigenvalue weighted by Gasteiger charge is 1.93. The van der Waals surface area contributed by atoms with Gasteiger partial charge < -0.3 is 5.32 Å². The third-order valence-electron chi connectivity index (χ3n) is 1.96. The van der Waals surface area contributed by atoms with Gasteiger partial charge in [0.2, 0.25) is 0 Å². The van der Waals surface area contributed by atoms with E-state index in [2.05, 4.69) is 30.3 Å². The zero-order valence-electron chi connectivity index (χ0n) is 8.01. The van der Waals surface area contributed by atoms with Crippen molar-refractivity contribution in [2.75, 3.05) is 11.9 Å². The van der Waals surface area contributed by atoms with Crippen LogP contribution in [0, 0.1) is 19.3 Å². The van der Waals surface area contributed by atoms with Crippen molar-refractivity contribution < 1.29 is 0 Å². The molecule has 0 aliphatic carbocycles. The minimum atomic E-state index is 0.846. The molecule has 0 fully saturated rings. The summed E-state index contributed by atoms with van der Waals surface area (Å²) >= 11 is 0. The number of anilines is 1. The molecule has 1 rings (SSSR count). The van der Waals surface area contributed by atoms with E-state index in [1.165, 1.54) is 11.3 Å². The summed E-state index contributed by atoms with van der Waals surface area (Å²) in [5.41, 5.74) is 2.49. The molecule has 0 saturated heterocycles. The number of para-hydroxylation sites is 1. The lowest BCUT2D eigenvalue weighted by Gasteiger charge is -2.07. The van der Waals surface area contributed by atoms with Crippen molar-refractivity contribution in [3.63, 3.8) is 0 Å². The second-order valence-corrected chi connectivity index (χ2v) is 3.05. The third kappa shape index (κ3) is 3.21. The Balaban J connectivity index is 2.37. The van der Waals surface area contributed by atoms with E-state index in [1.54, 1.807) is 0 Å². The van der Waals surface area contributed by atoms with Crippen LogP contribution >= 0.6 is 0 Å². The molecule has 1 heteroatoms. The van der Waals surface area contributed by atoms with Crippen molar-refractivity contribution in [3.8, 4) is 12.3 Å². The maximum absolute atomic E-state index is 5.16. The highest BCUT2D eigenvalue weighted by atomic mass is 14.9. The van der Waals surface area contributed by atoms with E-state index >= 15 is 0 Å². The highest BCUT2D eigenvalue weighted by molar-refractivity contribution is 5.50. The summed E-state index contributed by atoms with van der Waals surface area (Å²) in [6.45, 7) is 3.05. The van der Waals surface area contributed by atoms with E-state index in [0.29, 0.717) is 0 Å². The number of benzene rings is 1. The minimum Gasteiger partial charge on any atom is -0.385 e. The summed E-state index contributed by atoms with van der Waals surface area (Å²) < 4.78 is 0. The molecule has 1 aromatic rings. The van der Waals surface area contributed by atoms with E-state index < -0.39 is 0 Å². The van der Waals surface area contributed by atoms with E-state index in [0.717, 1.165) is 19.4 Å². The van der Waals surface area contributed by atoms with Crippen LogP contribution in [0.5, 0.6) is 0 Å². The molecule has 0 aliphatic heterocycles. The molecule has 0 bridgehead atoms. The predicted molar refractivity (Wildman–Crippen MR) is 57.7 cm³/mol. The lowest BCUT2D eigenvalue weighted by Crippen LogP contribution is -2.02. The van der Waals surface area contributed by atoms with Gasteiger partial charge in [-0.3, -0.25) is 0 Å². The molecule has 0 saturated carbocycles. The summed E-state index contributed by atoms with van der Waals surface area (Å²) in [5, 5.41) is 3.35. The van der Waals surface area contributed by atoms with Gasteiger partial charge in [-0.2, -0.15) is 0 Å². The topological polar surface area (TPSA) is 12.0 Å². The number of hydrogen-bond acceptors (Lipinski definition) is 1. The van der Waals surface area contributed by atoms with Gasteiger partial charge in [-0.05, 0) is 25.0 Å². The molecule has 0 unspecified atom stereocenters. The van der Waals surface area contributed by atoms with Crippen LogP contribution in [0.25, 0.3) is 0 Å². The smallest absolute Gasteiger partial charge is 0.0369 e. The number of rotatable bonds is 4. The zero-order valence-corrected chi connectivity index (χ0v) is 8.01. The normalized spacial score (nSPS) is 9.23. The van der Waals surface area contributed by atoms with Crippen LogP contribution in [0.2, 0.25) is 0 Å². The monoisotopic (exact) mass is 173 g/mol. The predicted octanol–water partition coefficient (Wildman–Crippen LogP) is 2.82. The number of hydrogen-bond donors (Lipinski definition) is 1. The zero-order chi connectivity index (χ0) is 9.52. The molecule has 1 N–H and O–H groups in total. The molecule has 0 spiro atoms. The molecule has 1 aromatic carbocycles. The first-order valence-electron chi connectivity index (χ1n) is 4.57. The Bertz CT molecular complexity index is 296. The largest absolute Gasteiger partial charge is 0.385 e. The lowest BCUT2D eigenvalue weighted by atomic mass is 10.2. The van der Waals surface area contributed by atoms with Crippen LogP contribution in [-0.2, 0) is 0 Å². The Morgan fingerprint density at radius 3 is 2.85 bits per heavy atom. The maximum atomic E-state index is 5.16. The molecule has 0 atom stereocenters. The van der Waals surface area contributed by atoms with Crippen molar-refractivity contribution in [1.82, 2.24) is 0 Å². The van der Waals surface area contributed by atoms with Gasteiger partial charge in [-0.25, -0.2) is 0 Å². The van der Waals surface area contributed by atoms with E-state index in [-0.39, 0.29) is 0 Å². The van der Waals surface area contributed by atoms with Gasteiger partial charge in [0.05, 0.1) is 0 Å². The number of aryl methyl sites for hydroxylation is 1. The first-order valence-corrected chi connectivity index (χ1v) is 4.57. The van der Waals surface area contributed by atoms with Crippen LogP contribution in [-0.4, -0.2) is 6.54 Å². The fourth-order valence-electron chi connectivity index (χ4n) is 1.18. The number of nitrogens with one attached hydrogen (secondary N) is 1. The molecule has 0 aliphatic rings. The Kier molecular flexibility index (Phi) is 3.92. The van der Waals surface area contributed by atoms with Crippen LogP contribution in [0.3, 0.4) is 0 Å². The van der Waals surface area contributed by atoms with Gasteiger partial charge in [-0.1, -0.05) is 18.2 Å². The summed E-state index contributed by atoms with van der Waals surface area (Å²) in [6, 6.07) is 8.27. The fraction of sp³-hybridized carbons (Fsp3) is 0.333. The van der Waals surface area contributed by atoms with Gasteiger partial charge in [0.1, 0.15) is 0 Å². The number of unbranched alkanes of at least 4 members (excludes halogenated alkanes) is 1. The fourth-order valence-corrected chi connectivity index (χ4v) is 1.18. The van der Waals surface area contributed by atoms with Gasteiger partial charge in [0.25, 0.3) is 0 Å². The Morgan fingerprint density at radius 2 is 2.15 bits per heavy atom. The maximum Gasteiger partial charge on any atom is 0.0369 e. The Labute approximate surface area is 80.2 Å². The summed E-state index contributed by atoms with van der Waals surface area (Å²) in [7, 11) is 0. The molecular weight excluding hydrogens is 158 g/mol. The Hall–Kier alpha value is -1.42. The summed E-state index contributed by atoms with van der Waals surface area (Å²) in [5.74, 6) is 2.63. The Morgan fingerprint density at radius 1 is 1.38 bits per heavy atom. The van der Waals surface area contributed by atoms with Crippen molar-refractivity contribution in [2.24, 2.45) is 0 Å². The van der Waals surface area contributed by atoms with Gasteiger partial charge in [-0.15, -0.1) is 12.3 Å². The standard InChI is InChI=1S/C12H15N/c1-3-4-7-10-13-12-9-6-5-8-11(12)2/h1,5-6,8-9,13H,4,7,10H2,2H3. The van der Waals surface area contributed by atoms with E-state index in [1.807, 2.05) is 12.1 Å². The highest BCUT2D eigenvalue weighted by Crippen LogP contribution is 2.12. The minimum absolute atomic E-state index is 0.846. The average molecular weight is 173 g/mol. The second-order valence-electron chi connectivity index (χ2n) is 3.05. The molecule has 0 radical (unpaired) electrons. The van der Waals surface area contributed by atoms with Gasteiger partial charge >= 0.3 is 0 Å². The molecule has 68 valence electrons. The van der Waals surface area contributed by atoms with E-state index in [4.69, 9.17) is 6.42 Å². The van der Waals surface area contributed by atoms with Crippen molar-refractivity contribution in [3.05, 3.63) is 29.8 Å². The van der Waals surface area contributed by atoms with Gasteiger partial charge in [0, 0.05) is 18.7 Å². The quantitative estimate of drug-likeness (QED) is 0.545. The second kappa shape index (κ2) is 5.27.